The highest BCUT2D eigenvalue weighted by Gasteiger charge is 2.32. The quantitative estimate of drug-likeness (QED) is 0.573. The minimum atomic E-state index is -1.17. The van der Waals surface area contributed by atoms with Gasteiger partial charge in [-0.15, -0.1) is 0 Å². The molecule has 20 heavy (non-hydrogen) atoms. The average molecular weight is 285 g/mol. The van der Waals surface area contributed by atoms with Crippen molar-refractivity contribution in [3.63, 3.8) is 0 Å². The first-order valence-electron chi connectivity index (χ1n) is 5.92. The van der Waals surface area contributed by atoms with Gasteiger partial charge in [-0.05, 0) is 25.6 Å². The maximum atomic E-state index is 13.0. The van der Waals surface area contributed by atoms with Gasteiger partial charge in [-0.2, -0.15) is 0 Å². The van der Waals surface area contributed by atoms with E-state index >= 15 is 0 Å². The summed E-state index contributed by atoms with van der Waals surface area (Å²) in [4.78, 5) is 21.4. The molecule has 0 aromatic heterocycles. The van der Waals surface area contributed by atoms with E-state index in [-0.39, 0.29) is 12.4 Å². The van der Waals surface area contributed by atoms with Gasteiger partial charge in [0.15, 0.2) is 5.75 Å². The molecule has 1 aromatic carbocycles. The lowest BCUT2D eigenvalue weighted by atomic mass is 10.0. The summed E-state index contributed by atoms with van der Waals surface area (Å²) in [6.45, 7) is 3.56. The van der Waals surface area contributed by atoms with Crippen molar-refractivity contribution in [2.75, 3.05) is 13.2 Å². The number of hydrogen-bond acceptors (Lipinski definition) is 5. The summed E-state index contributed by atoms with van der Waals surface area (Å²) in [5.41, 5.74) is 3.59. The van der Waals surface area contributed by atoms with Crippen LogP contribution < -0.4 is 15.8 Å². The fourth-order valence-corrected chi connectivity index (χ4v) is 1.58. The lowest BCUT2D eigenvalue weighted by molar-refractivity contribution is -0.386. The number of likely N-dealkylation sites (N-methyl/N-ethyl adjacent to an activating group) is 1. The first kappa shape index (κ1) is 15.8. The Morgan fingerprint density at radius 3 is 2.75 bits per heavy atom. The standard InChI is InChI=1S/C12H16FN3O4/c1-3-15-12(2,11(14)17)7-20-10-5-4-8(13)6-9(10)16(18)19/h4-6,15H,3,7H2,1-2H3,(H2,14,17). The van der Waals surface area contributed by atoms with Gasteiger partial charge in [0.1, 0.15) is 18.0 Å². The third-order valence-electron chi connectivity index (χ3n) is 2.74. The SMILES string of the molecule is CCNC(C)(COc1ccc(F)cc1[N+](=O)[O-])C(N)=O. The molecule has 1 atom stereocenters. The summed E-state index contributed by atoms with van der Waals surface area (Å²) in [6, 6.07) is 2.93. The third-order valence-corrected chi connectivity index (χ3v) is 2.74. The second-order valence-electron chi connectivity index (χ2n) is 4.38. The van der Waals surface area contributed by atoms with Gasteiger partial charge in [0.2, 0.25) is 5.91 Å². The van der Waals surface area contributed by atoms with E-state index in [2.05, 4.69) is 5.32 Å². The van der Waals surface area contributed by atoms with E-state index in [0.29, 0.717) is 6.54 Å². The van der Waals surface area contributed by atoms with Gasteiger partial charge >= 0.3 is 5.69 Å². The monoisotopic (exact) mass is 285 g/mol. The molecule has 1 amide bonds. The molecule has 0 aliphatic heterocycles. The van der Waals surface area contributed by atoms with Gasteiger partial charge in [-0.25, -0.2) is 4.39 Å². The maximum absolute atomic E-state index is 13.0. The van der Waals surface area contributed by atoms with Gasteiger partial charge in [0, 0.05) is 0 Å². The maximum Gasteiger partial charge on any atom is 0.313 e. The van der Waals surface area contributed by atoms with Crippen molar-refractivity contribution in [1.82, 2.24) is 5.32 Å². The van der Waals surface area contributed by atoms with Gasteiger partial charge < -0.3 is 15.8 Å². The van der Waals surface area contributed by atoms with Crippen LogP contribution in [0.3, 0.4) is 0 Å². The number of nitrogens with two attached hydrogens (primary N) is 1. The number of ether oxygens (including phenoxy) is 1. The Morgan fingerprint density at radius 1 is 1.60 bits per heavy atom. The Bertz CT molecular complexity index is 523. The third kappa shape index (κ3) is 3.64. The van der Waals surface area contributed by atoms with Crippen molar-refractivity contribution < 1.29 is 18.8 Å². The molecule has 7 nitrogen and oxygen atoms in total. The number of nitrogens with one attached hydrogen (secondary N) is 1. The number of benzene rings is 1. The number of carbonyl (C=O) groups excluding carboxylic acids is 1. The van der Waals surface area contributed by atoms with Crippen LogP contribution in [0.15, 0.2) is 18.2 Å². The number of rotatable bonds is 7. The number of hydrogen-bond donors (Lipinski definition) is 2. The minimum absolute atomic E-state index is 0.123. The molecule has 0 fully saturated rings. The number of nitro groups is 1. The Labute approximate surface area is 115 Å². The van der Waals surface area contributed by atoms with Crippen LogP contribution in [-0.2, 0) is 4.79 Å². The molecule has 0 bridgehead atoms. The fraction of sp³-hybridized carbons (Fsp3) is 0.417. The van der Waals surface area contributed by atoms with Crippen molar-refractivity contribution in [2.24, 2.45) is 5.73 Å². The van der Waals surface area contributed by atoms with E-state index in [0.717, 1.165) is 18.2 Å². The average Bonchev–Trinajstić information content (AvgIpc) is 2.37. The van der Waals surface area contributed by atoms with Gasteiger partial charge in [-0.3, -0.25) is 14.9 Å². The molecule has 0 radical (unpaired) electrons. The van der Waals surface area contributed by atoms with Crippen molar-refractivity contribution in [2.45, 2.75) is 19.4 Å². The summed E-state index contributed by atoms with van der Waals surface area (Å²) < 4.78 is 18.2. The number of halogens is 1. The molecule has 0 heterocycles. The molecule has 1 rings (SSSR count). The number of amides is 1. The topological polar surface area (TPSA) is 107 Å². The summed E-state index contributed by atoms with van der Waals surface area (Å²) in [5, 5.41) is 13.7. The van der Waals surface area contributed by atoms with Gasteiger partial charge in [-0.1, -0.05) is 6.92 Å². The summed E-state index contributed by atoms with van der Waals surface area (Å²) in [7, 11) is 0. The highest BCUT2D eigenvalue weighted by atomic mass is 19.1. The number of primary amides is 1. The second-order valence-corrected chi connectivity index (χ2v) is 4.38. The van der Waals surface area contributed by atoms with E-state index in [4.69, 9.17) is 10.5 Å². The summed E-state index contributed by atoms with van der Waals surface area (Å²) in [6.07, 6.45) is 0. The summed E-state index contributed by atoms with van der Waals surface area (Å²) >= 11 is 0. The zero-order chi connectivity index (χ0) is 15.3. The molecule has 1 aromatic rings. The van der Waals surface area contributed by atoms with Crippen molar-refractivity contribution >= 4 is 11.6 Å². The fourth-order valence-electron chi connectivity index (χ4n) is 1.58. The van der Waals surface area contributed by atoms with Crippen molar-refractivity contribution in [1.29, 1.82) is 0 Å². The molecule has 0 saturated carbocycles. The Balaban J connectivity index is 2.94. The number of nitro benzene ring substituents is 1. The van der Waals surface area contributed by atoms with E-state index in [1.54, 1.807) is 6.92 Å². The van der Waals surface area contributed by atoms with Crippen LogP contribution in [0, 0.1) is 15.9 Å². The van der Waals surface area contributed by atoms with Crippen LogP contribution in [0.4, 0.5) is 10.1 Å². The lowest BCUT2D eigenvalue weighted by Crippen LogP contribution is -2.57. The zero-order valence-corrected chi connectivity index (χ0v) is 11.2. The smallest absolute Gasteiger partial charge is 0.313 e. The molecule has 3 N–H and O–H groups in total. The molecule has 0 saturated heterocycles. The highest BCUT2D eigenvalue weighted by molar-refractivity contribution is 5.84. The van der Waals surface area contributed by atoms with Crippen LogP contribution >= 0.6 is 0 Å². The molecule has 8 heteroatoms. The Morgan fingerprint density at radius 2 is 2.25 bits per heavy atom. The highest BCUT2D eigenvalue weighted by Crippen LogP contribution is 2.28. The first-order valence-corrected chi connectivity index (χ1v) is 5.92. The van der Waals surface area contributed by atoms with E-state index < -0.39 is 27.9 Å². The number of carbonyl (C=O) groups is 1. The second kappa shape index (κ2) is 6.29. The van der Waals surface area contributed by atoms with E-state index in [1.165, 1.54) is 6.92 Å². The van der Waals surface area contributed by atoms with Crippen LogP contribution in [-0.4, -0.2) is 29.5 Å². The lowest BCUT2D eigenvalue weighted by Gasteiger charge is -2.26. The van der Waals surface area contributed by atoms with Crippen LogP contribution in [0.25, 0.3) is 0 Å². The molecule has 0 aliphatic rings. The van der Waals surface area contributed by atoms with Crippen molar-refractivity contribution in [3.8, 4) is 5.75 Å². The predicted molar refractivity (Wildman–Crippen MR) is 69.8 cm³/mol. The van der Waals surface area contributed by atoms with E-state index in [9.17, 15) is 19.3 Å². The van der Waals surface area contributed by atoms with E-state index in [1.807, 2.05) is 0 Å². The Hall–Kier alpha value is -2.22. The molecular formula is C12H16FN3O4. The predicted octanol–water partition coefficient (Wildman–Crippen LogP) is 0.966. The number of nitrogens with zero attached hydrogens (tertiary/aromatic N) is 1. The molecule has 0 aliphatic carbocycles. The van der Waals surface area contributed by atoms with Crippen LogP contribution in [0.1, 0.15) is 13.8 Å². The minimum Gasteiger partial charge on any atom is -0.484 e. The van der Waals surface area contributed by atoms with Gasteiger partial charge in [0.25, 0.3) is 0 Å². The normalized spacial score (nSPS) is 13.6. The largest absolute Gasteiger partial charge is 0.484 e. The first-order chi connectivity index (χ1) is 9.30. The molecule has 0 spiro atoms. The van der Waals surface area contributed by atoms with Gasteiger partial charge in [0.05, 0.1) is 11.0 Å². The van der Waals surface area contributed by atoms with Crippen molar-refractivity contribution in [3.05, 3.63) is 34.1 Å². The Kier molecular flexibility index (Phi) is 4.98. The van der Waals surface area contributed by atoms with Crippen LogP contribution in [0.5, 0.6) is 5.75 Å². The van der Waals surface area contributed by atoms with Crippen LogP contribution in [0.2, 0.25) is 0 Å². The molecule has 110 valence electrons. The molecular weight excluding hydrogens is 269 g/mol. The molecule has 1 unspecified atom stereocenters. The summed E-state index contributed by atoms with van der Waals surface area (Å²) in [5.74, 6) is -1.51. The zero-order valence-electron chi connectivity index (χ0n) is 11.2.